The molecule has 0 unspecified atom stereocenters. The molecule has 5 heteroatoms. The number of rotatable bonds is 5. The summed E-state index contributed by atoms with van der Waals surface area (Å²) < 4.78 is 12.6. The summed E-state index contributed by atoms with van der Waals surface area (Å²) in [6.07, 6.45) is 0. The first-order valence-electron chi connectivity index (χ1n) is 4.56. The molecule has 0 heterocycles. The normalized spacial score (nSPS) is 9.88. The Morgan fingerprint density at radius 1 is 1.44 bits per heavy atom. The van der Waals surface area contributed by atoms with E-state index in [4.69, 9.17) is 11.6 Å². The molecule has 0 spiro atoms. The SMILES string of the molecule is C=C(Cl)CNC(=O)CSc1ccc(F)cc1. The number of carbonyl (C=O) groups excluding carboxylic acids is 1. The molecule has 2 nitrogen and oxygen atoms in total. The minimum Gasteiger partial charge on any atom is -0.350 e. The number of benzene rings is 1. The second-order valence-electron chi connectivity index (χ2n) is 3.04. The average molecular weight is 260 g/mol. The van der Waals surface area contributed by atoms with Crippen LogP contribution in [0.3, 0.4) is 0 Å². The number of thioether (sulfide) groups is 1. The molecule has 1 amide bonds. The molecule has 0 saturated heterocycles. The molecule has 16 heavy (non-hydrogen) atoms. The van der Waals surface area contributed by atoms with Crippen molar-refractivity contribution in [1.82, 2.24) is 5.32 Å². The lowest BCUT2D eigenvalue weighted by molar-refractivity contribution is -0.118. The van der Waals surface area contributed by atoms with Gasteiger partial charge in [-0.25, -0.2) is 4.39 Å². The molecule has 0 aliphatic carbocycles. The van der Waals surface area contributed by atoms with Gasteiger partial charge < -0.3 is 5.32 Å². The maximum atomic E-state index is 12.6. The van der Waals surface area contributed by atoms with E-state index in [9.17, 15) is 9.18 Å². The van der Waals surface area contributed by atoms with E-state index in [1.807, 2.05) is 0 Å². The number of carbonyl (C=O) groups is 1. The van der Waals surface area contributed by atoms with Gasteiger partial charge in [0.05, 0.1) is 12.3 Å². The van der Waals surface area contributed by atoms with Crippen LogP contribution in [-0.2, 0) is 4.79 Å². The topological polar surface area (TPSA) is 29.1 Å². The van der Waals surface area contributed by atoms with Crippen LogP contribution < -0.4 is 5.32 Å². The summed E-state index contributed by atoms with van der Waals surface area (Å²) in [6, 6.07) is 5.99. The van der Waals surface area contributed by atoms with Gasteiger partial charge in [0.25, 0.3) is 0 Å². The highest BCUT2D eigenvalue weighted by Gasteiger charge is 2.02. The molecule has 0 atom stereocenters. The zero-order valence-electron chi connectivity index (χ0n) is 8.50. The van der Waals surface area contributed by atoms with Crippen molar-refractivity contribution < 1.29 is 9.18 Å². The highest BCUT2D eigenvalue weighted by atomic mass is 35.5. The van der Waals surface area contributed by atoms with Crippen LogP contribution >= 0.6 is 23.4 Å². The van der Waals surface area contributed by atoms with Crippen LogP contribution in [0, 0.1) is 5.82 Å². The number of hydrogen-bond acceptors (Lipinski definition) is 2. The first-order valence-corrected chi connectivity index (χ1v) is 5.92. The lowest BCUT2D eigenvalue weighted by Gasteiger charge is -2.03. The molecule has 1 aromatic rings. The molecule has 1 rings (SSSR count). The third kappa shape index (κ3) is 5.19. The van der Waals surface area contributed by atoms with Crippen LogP contribution in [0.15, 0.2) is 40.8 Å². The molecule has 0 aliphatic rings. The molecule has 0 saturated carbocycles. The van der Waals surface area contributed by atoms with Gasteiger partial charge in [-0.05, 0) is 24.3 Å². The maximum absolute atomic E-state index is 12.6. The highest BCUT2D eigenvalue weighted by Crippen LogP contribution is 2.17. The molecule has 1 N–H and O–H groups in total. The summed E-state index contributed by atoms with van der Waals surface area (Å²) in [6.45, 7) is 3.73. The summed E-state index contributed by atoms with van der Waals surface area (Å²) in [4.78, 5) is 12.1. The third-order valence-electron chi connectivity index (χ3n) is 1.66. The summed E-state index contributed by atoms with van der Waals surface area (Å²) in [5.74, 6) is -0.140. The van der Waals surface area contributed by atoms with E-state index in [0.717, 1.165) is 4.90 Å². The van der Waals surface area contributed by atoms with Gasteiger partial charge in [-0.3, -0.25) is 4.79 Å². The minimum absolute atomic E-state index is 0.129. The summed E-state index contributed by atoms with van der Waals surface area (Å²) in [7, 11) is 0. The van der Waals surface area contributed by atoms with E-state index in [1.165, 1.54) is 23.9 Å². The Morgan fingerprint density at radius 2 is 2.06 bits per heavy atom. The Kier molecular flexibility index (Phi) is 5.35. The van der Waals surface area contributed by atoms with Crippen molar-refractivity contribution in [2.75, 3.05) is 12.3 Å². The van der Waals surface area contributed by atoms with E-state index in [2.05, 4.69) is 11.9 Å². The average Bonchev–Trinajstić information content (AvgIpc) is 2.25. The lowest BCUT2D eigenvalue weighted by Crippen LogP contribution is -2.26. The zero-order chi connectivity index (χ0) is 12.0. The molecule has 1 aromatic carbocycles. The van der Waals surface area contributed by atoms with E-state index in [0.29, 0.717) is 5.03 Å². The van der Waals surface area contributed by atoms with Crippen molar-refractivity contribution in [3.05, 3.63) is 41.7 Å². The molecule has 86 valence electrons. The number of hydrogen-bond donors (Lipinski definition) is 1. The first kappa shape index (κ1) is 13.1. The van der Waals surface area contributed by atoms with Crippen molar-refractivity contribution in [3.63, 3.8) is 0 Å². The van der Waals surface area contributed by atoms with Crippen LogP contribution in [0.4, 0.5) is 4.39 Å². The van der Waals surface area contributed by atoms with E-state index in [1.54, 1.807) is 12.1 Å². The fourth-order valence-electron chi connectivity index (χ4n) is 0.925. The minimum atomic E-state index is -0.285. The molecule has 0 aliphatic heterocycles. The Hall–Kier alpha value is -1.00. The van der Waals surface area contributed by atoms with Crippen molar-refractivity contribution >= 4 is 29.3 Å². The number of halogens is 2. The van der Waals surface area contributed by atoms with Gasteiger partial charge in [0.2, 0.25) is 5.91 Å². The van der Waals surface area contributed by atoms with Crippen LogP contribution in [-0.4, -0.2) is 18.2 Å². The molecular formula is C11H11ClFNOS. The Labute approximate surface area is 103 Å². The monoisotopic (exact) mass is 259 g/mol. The van der Waals surface area contributed by atoms with E-state index < -0.39 is 0 Å². The Bertz CT molecular complexity index is 380. The number of amides is 1. The first-order chi connectivity index (χ1) is 7.58. The highest BCUT2D eigenvalue weighted by molar-refractivity contribution is 8.00. The maximum Gasteiger partial charge on any atom is 0.230 e. The van der Waals surface area contributed by atoms with Crippen LogP contribution in [0.25, 0.3) is 0 Å². The fraction of sp³-hybridized carbons (Fsp3) is 0.182. The summed E-state index contributed by atoms with van der Waals surface area (Å²) >= 11 is 6.84. The van der Waals surface area contributed by atoms with Gasteiger partial charge in [0.15, 0.2) is 0 Å². The quantitative estimate of drug-likeness (QED) is 0.824. The second-order valence-corrected chi connectivity index (χ2v) is 4.62. The van der Waals surface area contributed by atoms with Gasteiger partial charge in [0.1, 0.15) is 5.82 Å². The lowest BCUT2D eigenvalue weighted by atomic mass is 10.4. The van der Waals surface area contributed by atoms with Crippen LogP contribution in [0.2, 0.25) is 0 Å². The summed E-state index contributed by atoms with van der Waals surface area (Å²) in [5, 5.41) is 2.99. The van der Waals surface area contributed by atoms with Crippen molar-refractivity contribution in [1.29, 1.82) is 0 Å². The fourth-order valence-corrected chi connectivity index (χ4v) is 1.72. The molecular weight excluding hydrogens is 249 g/mol. The van der Waals surface area contributed by atoms with Gasteiger partial charge in [-0.15, -0.1) is 11.8 Å². The molecule has 0 aromatic heterocycles. The second kappa shape index (κ2) is 6.55. The predicted molar refractivity (Wildman–Crippen MR) is 65.1 cm³/mol. The number of nitrogens with one attached hydrogen (secondary N) is 1. The van der Waals surface area contributed by atoms with Gasteiger partial charge >= 0.3 is 0 Å². The largest absolute Gasteiger partial charge is 0.350 e. The molecule has 0 fully saturated rings. The summed E-state index contributed by atoms with van der Waals surface area (Å²) in [5.41, 5.74) is 0. The van der Waals surface area contributed by atoms with Gasteiger partial charge in [-0.1, -0.05) is 18.2 Å². The van der Waals surface area contributed by atoms with Crippen LogP contribution in [0.5, 0.6) is 0 Å². The Morgan fingerprint density at radius 3 is 2.62 bits per heavy atom. The van der Waals surface area contributed by atoms with Gasteiger partial charge in [0, 0.05) is 9.93 Å². The van der Waals surface area contributed by atoms with E-state index >= 15 is 0 Å². The van der Waals surface area contributed by atoms with Crippen LogP contribution in [0.1, 0.15) is 0 Å². The van der Waals surface area contributed by atoms with Gasteiger partial charge in [-0.2, -0.15) is 0 Å². The predicted octanol–water partition coefficient (Wildman–Crippen LogP) is 2.79. The standard InChI is InChI=1S/C11H11ClFNOS/c1-8(12)6-14-11(15)7-16-10-4-2-9(13)3-5-10/h2-5H,1,6-7H2,(H,14,15). The van der Waals surface area contributed by atoms with Crippen molar-refractivity contribution in [2.45, 2.75) is 4.90 Å². The molecule has 0 radical (unpaired) electrons. The smallest absolute Gasteiger partial charge is 0.230 e. The van der Waals surface area contributed by atoms with Crippen molar-refractivity contribution in [3.8, 4) is 0 Å². The Balaban J connectivity index is 2.31. The molecule has 0 bridgehead atoms. The van der Waals surface area contributed by atoms with Crippen molar-refractivity contribution in [2.24, 2.45) is 0 Å². The third-order valence-corrected chi connectivity index (χ3v) is 2.81. The van der Waals surface area contributed by atoms with E-state index in [-0.39, 0.29) is 24.0 Å². The zero-order valence-corrected chi connectivity index (χ0v) is 10.1.